The molecule has 0 saturated heterocycles. The van der Waals surface area contributed by atoms with Crippen molar-refractivity contribution in [3.05, 3.63) is 24.3 Å². The summed E-state index contributed by atoms with van der Waals surface area (Å²) in [5, 5.41) is 0. The molecule has 0 aromatic carbocycles. The van der Waals surface area contributed by atoms with Gasteiger partial charge in [-0.3, -0.25) is 0 Å². The Morgan fingerprint density at radius 2 is 2.00 bits per heavy atom. The molecule has 0 amide bonds. The highest BCUT2D eigenvalue weighted by atomic mass is 14.6. The summed E-state index contributed by atoms with van der Waals surface area (Å²) in [5.74, 6) is 2.58. The second-order valence-corrected chi connectivity index (χ2v) is 6.83. The molecule has 82 valence electrons. The van der Waals surface area contributed by atoms with Crippen LogP contribution < -0.4 is 0 Å². The van der Waals surface area contributed by atoms with Gasteiger partial charge in [0.1, 0.15) is 0 Å². The molecule has 0 aromatic heterocycles. The molecule has 0 heteroatoms. The molecule has 0 bridgehead atoms. The largest absolute Gasteiger partial charge is 0.0996 e. The molecule has 0 radical (unpaired) electrons. The van der Waals surface area contributed by atoms with E-state index in [-0.39, 0.29) is 0 Å². The van der Waals surface area contributed by atoms with Gasteiger partial charge in [-0.1, -0.05) is 45.1 Å². The van der Waals surface area contributed by atoms with Crippen molar-refractivity contribution in [3.63, 3.8) is 0 Å². The monoisotopic (exact) mass is 202 g/mol. The van der Waals surface area contributed by atoms with Gasteiger partial charge in [-0.2, -0.15) is 0 Å². The molecule has 4 atom stereocenters. The molecular formula is C15H22. The molecule has 0 aromatic rings. The summed E-state index contributed by atoms with van der Waals surface area (Å²) in [6.45, 7) is 11.6. The summed E-state index contributed by atoms with van der Waals surface area (Å²) in [6.07, 6.45) is 9.06. The zero-order valence-corrected chi connectivity index (χ0v) is 10.2. The van der Waals surface area contributed by atoms with Crippen LogP contribution in [0.3, 0.4) is 0 Å². The van der Waals surface area contributed by atoms with Crippen molar-refractivity contribution < 1.29 is 0 Å². The highest BCUT2D eigenvalue weighted by Crippen LogP contribution is 2.66. The minimum atomic E-state index is 0.390. The molecule has 0 aliphatic heterocycles. The summed E-state index contributed by atoms with van der Waals surface area (Å²) in [5.41, 5.74) is 2.41. The Labute approximate surface area is 93.5 Å². The van der Waals surface area contributed by atoms with Gasteiger partial charge in [0.15, 0.2) is 0 Å². The fourth-order valence-electron chi connectivity index (χ4n) is 4.88. The van der Waals surface area contributed by atoms with E-state index >= 15 is 0 Å². The van der Waals surface area contributed by atoms with Crippen LogP contribution >= 0.6 is 0 Å². The summed E-state index contributed by atoms with van der Waals surface area (Å²) in [4.78, 5) is 0. The van der Waals surface area contributed by atoms with Crippen LogP contribution in [0.5, 0.6) is 0 Å². The molecular weight excluding hydrogens is 180 g/mol. The first-order chi connectivity index (χ1) is 6.94. The molecule has 2 fully saturated rings. The first-order valence-corrected chi connectivity index (χ1v) is 6.32. The zero-order valence-electron chi connectivity index (χ0n) is 10.2. The lowest BCUT2D eigenvalue weighted by Gasteiger charge is -2.36. The summed E-state index contributed by atoms with van der Waals surface area (Å²) >= 11 is 0. The lowest BCUT2D eigenvalue weighted by molar-refractivity contribution is 0.168. The van der Waals surface area contributed by atoms with Gasteiger partial charge in [-0.15, -0.1) is 0 Å². The number of allylic oxidation sites excluding steroid dienone is 3. The maximum absolute atomic E-state index is 4.33. The highest BCUT2D eigenvalue weighted by Gasteiger charge is 2.59. The molecule has 0 N–H and O–H groups in total. The van der Waals surface area contributed by atoms with Crippen LogP contribution in [0.4, 0.5) is 0 Å². The topological polar surface area (TPSA) is 0 Å². The first-order valence-electron chi connectivity index (χ1n) is 6.32. The number of hydrogen-bond donors (Lipinski definition) is 0. The second kappa shape index (κ2) is 2.59. The zero-order chi connectivity index (χ0) is 10.8. The van der Waals surface area contributed by atoms with E-state index in [2.05, 4.69) is 39.5 Å². The Morgan fingerprint density at radius 1 is 1.27 bits per heavy atom. The quantitative estimate of drug-likeness (QED) is 0.517. The summed E-state index contributed by atoms with van der Waals surface area (Å²) in [6, 6.07) is 0. The van der Waals surface area contributed by atoms with E-state index in [0.29, 0.717) is 10.8 Å². The standard InChI is InChI=1S/C15H22/c1-10-5-6-11-9-15(4)8-7-14(2,3)13(15)12(10)11/h7-8,11-13H,1,5-6,9H2,2-4H3/t11-,12-,13-,15+/m1/s1. The molecule has 15 heavy (non-hydrogen) atoms. The van der Waals surface area contributed by atoms with E-state index in [1.807, 2.05) is 0 Å². The lowest BCUT2D eigenvalue weighted by Crippen LogP contribution is -2.31. The van der Waals surface area contributed by atoms with E-state index in [4.69, 9.17) is 0 Å². The van der Waals surface area contributed by atoms with Crippen LogP contribution in [0.2, 0.25) is 0 Å². The third-order valence-corrected chi connectivity index (χ3v) is 5.28. The Kier molecular flexibility index (Phi) is 1.67. The van der Waals surface area contributed by atoms with Crippen molar-refractivity contribution in [2.24, 2.45) is 28.6 Å². The van der Waals surface area contributed by atoms with Crippen LogP contribution in [-0.4, -0.2) is 0 Å². The summed E-state index contributed by atoms with van der Waals surface area (Å²) < 4.78 is 0. The van der Waals surface area contributed by atoms with E-state index in [1.54, 1.807) is 5.57 Å². The van der Waals surface area contributed by atoms with Crippen LogP contribution in [0.25, 0.3) is 0 Å². The Bertz CT molecular complexity index is 347. The van der Waals surface area contributed by atoms with Crippen molar-refractivity contribution in [2.75, 3.05) is 0 Å². The minimum absolute atomic E-state index is 0.390. The fourth-order valence-corrected chi connectivity index (χ4v) is 4.88. The van der Waals surface area contributed by atoms with Crippen LogP contribution in [-0.2, 0) is 0 Å². The van der Waals surface area contributed by atoms with E-state index < -0.39 is 0 Å². The molecule has 2 saturated carbocycles. The van der Waals surface area contributed by atoms with Crippen molar-refractivity contribution in [1.29, 1.82) is 0 Å². The Hall–Kier alpha value is -0.520. The number of hydrogen-bond acceptors (Lipinski definition) is 0. The fraction of sp³-hybridized carbons (Fsp3) is 0.733. The summed E-state index contributed by atoms with van der Waals surface area (Å²) in [7, 11) is 0. The molecule has 0 heterocycles. The molecule has 0 spiro atoms. The Balaban J connectivity index is 2.05. The third kappa shape index (κ3) is 1.08. The molecule has 0 nitrogen and oxygen atoms in total. The smallest absolute Gasteiger partial charge is 0.0101 e. The average molecular weight is 202 g/mol. The molecule has 0 unspecified atom stereocenters. The second-order valence-electron chi connectivity index (χ2n) is 6.83. The van der Waals surface area contributed by atoms with Gasteiger partial charge in [0.2, 0.25) is 0 Å². The van der Waals surface area contributed by atoms with E-state index in [1.165, 1.54) is 19.3 Å². The van der Waals surface area contributed by atoms with Crippen LogP contribution in [0.15, 0.2) is 24.3 Å². The third-order valence-electron chi connectivity index (χ3n) is 5.28. The lowest BCUT2D eigenvalue weighted by atomic mass is 9.67. The van der Waals surface area contributed by atoms with E-state index in [0.717, 1.165) is 17.8 Å². The van der Waals surface area contributed by atoms with Gasteiger partial charge >= 0.3 is 0 Å². The predicted molar refractivity (Wildman–Crippen MR) is 64.5 cm³/mol. The SMILES string of the molecule is C=C1CC[C@@H]2C[C@]3(C)C=CC(C)(C)[C@H]3[C@H]12. The normalized spacial score (nSPS) is 50.9. The average Bonchev–Trinajstić information content (AvgIpc) is 2.67. The van der Waals surface area contributed by atoms with Crippen LogP contribution in [0.1, 0.15) is 40.0 Å². The Morgan fingerprint density at radius 3 is 2.73 bits per heavy atom. The van der Waals surface area contributed by atoms with Gasteiger partial charge in [0.05, 0.1) is 0 Å². The van der Waals surface area contributed by atoms with E-state index in [9.17, 15) is 0 Å². The van der Waals surface area contributed by atoms with Gasteiger partial charge < -0.3 is 0 Å². The van der Waals surface area contributed by atoms with Crippen molar-refractivity contribution in [1.82, 2.24) is 0 Å². The number of rotatable bonds is 0. The molecule has 3 aliphatic carbocycles. The van der Waals surface area contributed by atoms with Crippen molar-refractivity contribution in [2.45, 2.75) is 40.0 Å². The van der Waals surface area contributed by atoms with Gasteiger partial charge in [-0.05, 0) is 47.8 Å². The van der Waals surface area contributed by atoms with Gasteiger partial charge in [0.25, 0.3) is 0 Å². The minimum Gasteiger partial charge on any atom is -0.0996 e. The highest BCUT2D eigenvalue weighted by molar-refractivity contribution is 5.29. The number of fused-ring (bicyclic) bond motifs is 3. The van der Waals surface area contributed by atoms with Gasteiger partial charge in [0, 0.05) is 0 Å². The van der Waals surface area contributed by atoms with Crippen molar-refractivity contribution in [3.8, 4) is 0 Å². The molecule has 3 aliphatic rings. The maximum Gasteiger partial charge on any atom is -0.0101 e. The van der Waals surface area contributed by atoms with Crippen molar-refractivity contribution >= 4 is 0 Å². The maximum atomic E-state index is 4.33. The predicted octanol–water partition coefficient (Wildman–Crippen LogP) is 4.19. The first kappa shape index (κ1) is 9.69. The van der Waals surface area contributed by atoms with Gasteiger partial charge in [-0.25, -0.2) is 0 Å². The molecule has 3 rings (SSSR count). The van der Waals surface area contributed by atoms with Crippen LogP contribution in [0, 0.1) is 28.6 Å².